The minimum absolute atomic E-state index is 0.391. The lowest BCUT2D eigenvalue weighted by Crippen LogP contribution is -2.37. The Morgan fingerprint density at radius 1 is 1.42 bits per heavy atom. The molecule has 1 aliphatic rings. The summed E-state index contributed by atoms with van der Waals surface area (Å²) in [6.07, 6.45) is 0.132. The van der Waals surface area contributed by atoms with E-state index >= 15 is 0 Å². The molecule has 2 atom stereocenters. The minimum Gasteiger partial charge on any atom is -0.461 e. The highest BCUT2D eigenvalue weighted by atomic mass is 16.5. The zero-order valence-corrected chi connectivity index (χ0v) is 11.1. The van der Waals surface area contributed by atoms with Gasteiger partial charge in [0.25, 0.3) is 0 Å². The van der Waals surface area contributed by atoms with Crippen molar-refractivity contribution in [3.8, 4) is 0 Å². The minimum atomic E-state index is -0.649. The van der Waals surface area contributed by atoms with E-state index in [0.29, 0.717) is 19.8 Å². The molecule has 1 fully saturated rings. The van der Waals surface area contributed by atoms with E-state index in [2.05, 4.69) is 0 Å². The second-order valence-electron chi connectivity index (χ2n) is 5.34. The number of aliphatic hydroxyl groups excluding tert-OH is 1. The fourth-order valence-electron chi connectivity index (χ4n) is 2.95. The molecule has 1 aliphatic heterocycles. The third-order valence-electron chi connectivity index (χ3n) is 4.21. The fourth-order valence-corrected chi connectivity index (χ4v) is 2.95. The van der Waals surface area contributed by atoms with Gasteiger partial charge in [-0.2, -0.15) is 0 Å². The number of nitrogens with two attached hydrogens (primary N) is 1. The normalized spacial score (nSPS) is 25.0. The van der Waals surface area contributed by atoms with E-state index in [-0.39, 0.29) is 0 Å². The molecule has 0 aliphatic carbocycles. The Morgan fingerprint density at radius 3 is 2.89 bits per heavy atom. The van der Waals surface area contributed by atoms with E-state index in [1.165, 1.54) is 0 Å². The van der Waals surface area contributed by atoms with Crippen molar-refractivity contribution in [2.24, 2.45) is 11.1 Å². The number of hydrogen-bond acceptors (Lipinski definition) is 4. The molecule has 4 heteroatoms. The molecule has 1 saturated heterocycles. The summed E-state index contributed by atoms with van der Waals surface area (Å²) in [4.78, 5) is 0. The number of ether oxygens (including phenoxy) is 1. The maximum Gasteiger partial charge on any atom is 0.134 e. The molecule has 3 N–H and O–H groups in total. The molecule has 0 spiro atoms. The van der Waals surface area contributed by atoms with Crippen LogP contribution < -0.4 is 5.73 Å². The molecular weight excluding hydrogens is 242 g/mol. The van der Waals surface area contributed by atoms with Crippen molar-refractivity contribution in [3.63, 3.8) is 0 Å². The smallest absolute Gasteiger partial charge is 0.134 e. The first kappa shape index (κ1) is 12.7. The molecule has 1 aromatic carbocycles. The third-order valence-corrected chi connectivity index (χ3v) is 4.21. The molecule has 1 aromatic heterocycles. The molecule has 0 amide bonds. The van der Waals surface area contributed by atoms with Crippen molar-refractivity contribution in [1.29, 1.82) is 0 Å². The SMILES string of the molecule is Cc1oc2ccccc2c1C(O)C1(CN)CCOC1. The maximum absolute atomic E-state index is 10.8. The third kappa shape index (κ3) is 1.87. The molecule has 0 bridgehead atoms. The number of furan rings is 1. The summed E-state index contributed by atoms with van der Waals surface area (Å²) >= 11 is 0. The molecule has 19 heavy (non-hydrogen) atoms. The van der Waals surface area contributed by atoms with Gasteiger partial charge in [0.15, 0.2) is 0 Å². The van der Waals surface area contributed by atoms with Gasteiger partial charge in [-0.15, -0.1) is 0 Å². The largest absolute Gasteiger partial charge is 0.461 e. The van der Waals surface area contributed by atoms with Gasteiger partial charge in [0.1, 0.15) is 11.3 Å². The standard InChI is InChI=1S/C15H19NO3/c1-10-13(11-4-2-3-5-12(11)19-10)14(17)15(8-16)6-7-18-9-15/h2-5,14,17H,6-9,16H2,1H3. The first-order valence-electron chi connectivity index (χ1n) is 6.62. The van der Waals surface area contributed by atoms with Crippen molar-refractivity contribution in [1.82, 2.24) is 0 Å². The molecule has 2 heterocycles. The molecule has 3 rings (SSSR count). The molecule has 0 radical (unpaired) electrons. The quantitative estimate of drug-likeness (QED) is 0.888. The van der Waals surface area contributed by atoms with E-state index in [0.717, 1.165) is 28.7 Å². The summed E-state index contributed by atoms with van der Waals surface area (Å²) in [6.45, 7) is 3.46. The Kier molecular flexibility index (Phi) is 3.09. The topological polar surface area (TPSA) is 68.6 Å². The summed E-state index contributed by atoms with van der Waals surface area (Å²) in [6, 6.07) is 7.77. The highest BCUT2D eigenvalue weighted by Gasteiger charge is 2.43. The van der Waals surface area contributed by atoms with E-state index in [9.17, 15) is 5.11 Å². The molecule has 0 saturated carbocycles. The summed E-state index contributed by atoms with van der Waals surface area (Å²) in [7, 11) is 0. The maximum atomic E-state index is 10.8. The number of benzene rings is 1. The second-order valence-corrected chi connectivity index (χ2v) is 5.34. The molecule has 2 unspecified atom stereocenters. The molecular formula is C15H19NO3. The van der Waals surface area contributed by atoms with Crippen LogP contribution in [0.25, 0.3) is 11.0 Å². The Morgan fingerprint density at radius 2 is 2.21 bits per heavy atom. The van der Waals surface area contributed by atoms with Gasteiger partial charge in [0.05, 0.1) is 12.7 Å². The van der Waals surface area contributed by atoms with E-state index in [1.807, 2.05) is 31.2 Å². The van der Waals surface area contributed by atoms with E-state index in [1.54, 1.807) is 0 Å². The van der Waals surface area contributed by atoms with Gasteiger partial charge in [-0.25, -0.2) is 0 Å². The van der Waals surface area contributed by atoms with Gasteiger partial charge in [0, 0.05) is 29.5 Å². The molecule has 102 valence electrons. The van der Waals surface area contributed by atoms with Gasteiger partial charge in [-0.3, -0.25) is 0 Å². The van der Waals surface area contributed by atoms with E-state index < -0.39 is 11.5 Å². The predicted molar refractivity (Wildman–Crippen MR) is 72.8 cm³/mol. The first-order chi connectivity index (χ1) is 9.18. The fraction of sp³-hybridized carbons (Fsp3) is 0.467. The van der Waals surface area contributed by atoms with Crippen LogP contribution in [0, 0.1) is 12.3 Å². The monoisotopic (exact) mass is 261 g/mol. The van der Waals surface area contributed by atoms with Gasteiger partial charge in [-0.05, 0) is 19.4 Å². The van der Waals surface area contributed by atoms with Crippen molar-refractivity contribution < 1.29 is 14.3 Å². The number of hydrogen-bond donors (Lipinski definition) is 2. The first-order valence-corrected chi connectivity index (χ1v) is 6.62. The van der Waals surface area contributed by atoms with Crippen LogP contribution in [0.4, 0.5) is 0 Å². The number of para-hydroxylation sites is 1. The van der Waals surface area contributed by atoms with E-state index in [4.69, 9.17) is 14.9 Å². The van der Waals surface area contributed by atoms with Gasteiger partial charge in [0.2, 0.25) is 0 Å². The van der Waals surface area contributed by atoms with Crippen LogP contribution >= 0.6 is 0 Å². The van der Waals surface area contributed by atoms with Crippen molar-refractivity contribution in [3.05, 3.63) is 35.6 Å². The lowest BCUT2D eigenvalue weighted by molar-refractivity contribution is 0.0190. The van der Waals surface area contributed by atoms with Crippen LogP contribution in [0.1, 0.15) is 23.8 Å². The lowest BCUT2D eigenvalue weighted by atomic mass is 9.77. The van der Waals surface area contributed by atoms with Crippen LogP contribution in [0.5, 0.6) is 0 Å². The number of aliphatic hydroxyl groups is 1. The van der Waals surface area contributed by atoms with Crippen LogP contribution in [-0.2, 0) is 4.74 Å². The Hall–Kier alpha value is -1.36. The average Bonchev–Trinajstić information content (AvgIpc) is 3.02. The summed E-state index contributed by atoms with van der Waals surface area (Å²) < 4.78 is 11.2. The highest BCUT2D eigenvalue weighted by molar-refractivity contribution is 5.82. The zero-order valence-electron chi connectivity index (χ0n) is 11.1. The van der Waals surface area contributed by atoms with Gasteiger partial charge >= 0.3 is 0 Å². The van der Waals surface area contributed by atoms with Crippen LogP contribution in [-0.4, -0.2) is 24.9 Å². The second kappa shape index (κ2) is 4.63. The number of fused-ring (bicyclic) bond motifs is 1. The Labute approximate surface area is 112 Å². The van der Waals surface area contributed by atoms with Crippen molar-refractivity contribution in [2.75, 3.05) is 19.8 Å². The number of aryl methyl sites for hydroxylation is 1. The van der Waals surface area contributed by atoms with Crippen LogP contribution in [0.3, 0.4) is 0 Å². The van der Waals surface area contributed by atoms with Crippen LogP contribution in [0.2, 0.25) is 0 Å². The predicted octanol–water partition coefficient (Wildman–Crippen LogP) is 2.14. The molecule has 2 aromatic rings. The van der Waals surface area contributed by atoms with Crippen molar-refractivity contribution >= 4 is 11.0 Å². The lowest BCUT2D eigenvalue weighted by Gasteiger charge is -2.31. The van der Waals surface area contributed by atoms with Gasteiger partial charge < -0.3 is 20.0 Å². The zero-order chi connectivity index (χ0) is 13.5. The Bertz CT molecular complexity index is 584. The number of rotatable bonds is 3. The summed E-state index contributed by atoms with van der Waals surface area (Å²) in [5.74, 6) is 0.758. The highest BCUT2D eigenvalue weighted by Crippen LogP contribution is 2.44. The van der Waals surface area contributed by atoms with Gasteiger partial charge in [-0.1, -0.05) is 18.2 Å². The Balaban J connectivity index is 2.10. The molecule has 4 nitrogen and oxygen atoms in total. The average molecular weight is 261 g/mol. The van der Waals surface area contributed by atoms with Crippen LogP contribution in [0.15, 0.2) is 28.7 Å². The van der Waals surface area contributed by atoms with Crippen molar-refractivity contribution in [2.45, 2.75) is 19.4 Å². The summed E-state index contributed by atoms with van der Waals surface area (Å²) in [5.41, 5.74) is 7.17. The summed E-state index contributed by atoms with van der Waals surface area (Å²) in [5, 5.41) is 11.8.